The summed E-state index contributed by atoms with van der Waals surface area (Å²) in [6, 6.07) is 4.02. The Kier molecular flexibility index (Phi) is 10.2. The van der Waals surface area contributed by atoms with Gasteiger partial charge in [0.1, 0.15) is 29.2 Å². The van der Waals surface area contributed by atoms with Crippen molar-refractivity contribution in [2.45, 2.75) is 122 Å². The van der Waals surface area contributed by atoms with Gasteiger partial charge in [-0.2, -0.15) is 0 Å². The highest BCUT2D eigenvalue weighted by Crippen LogP contribution is 2.43. The van der Waals surface area contributed by atoms with E-state index in [0.29, 0.717) is 49.6 Å². The molecule has 2 bridgehead atoms. The van der Waals surface area contributed by atoms with Crippen LogP contribution in [0.5, 0.6) is 11.6 Å². The average Bonchev–Trinajstić information content (AvgIpc) is 3.59. The lowest BCUT2D eigenvalue weighted by Gasteiger charge is -2.42. The molecule has 1 N–H and O–H groups in total. The maximum atomic E-state index is 14.7. The third-order valence-electron chi connectivity index (χ3n) is 11.6. The molecule has 6 atom stereocenters. The van der Waals surface area contributed by atoms with Gasteiger partial charge in [-0.1, -0.05) is 33.1 Å². The number of benzene rings is 1. The number of rotatable bonds is 3. The van der Waals surface area contributed by atoms with Crippen LogP contribution in [0.25, 0.3) is 11.0 Å². The summed E-state index contributed by atoms with van der Waals surface area (Å²) < 4.78 is 24.0. The third kappa shape index (κ3) is 6.98. The molecule has 2 aromatic rings. The topological polar surface area (TPSA) is 129 Å². The van der Waals surface area contributed by atoms with Crippen LogP contribution in [0.15, 0.2) is 18.2 Å². The Morgan fingerprint density at radius 1 is 1.00 bits per heavy atom. The van der Waals surface area contributed by atoms with E-state index in [1.807, 2.05) is 39.0 Å². The molecule has 4 heterocycles. The van der Waals surface area contributed by atoms with Crippen LogP contribution in [0.4, 0.5) is 4.79 Å². The van der Waals surface area contributed by atoms with E-state index in [9.17, 15) is 14.4 Å². The quantitative estimate of drug-likeness (QED) is 0.433. The molecule has 2 saturated heterocycles. The molecule has 11 nitrogen and oxygen atoms in total. The fourth-order valence-corrected chi connectivity index (χ4v) is 8.52. The van der Waals surface area contributed by atoms with Crippen LogP contribution in [-0.4, -0.2) is 83.3 Å². The minimum absolute atomic E-state index is 0.126. The summed E-state index contributed by atoms with van der Waals surface area (Å²) in [5.41, 5.74) is 1.03. The predicted molar refractivity (Wildman–Crippen MR) is 180 cm³/mol. The number of aryl methyl sites for hydroxylation is 1. The van der Waals surface area contributed by atoms with E-state index in [4.69, 9.17) is 28.9 Å². The monoisotopic (exact) mass is 664 g/mol. The zero-order chi connectivity index (χ0) is 34.1. The molecule has 1 aliphatic carbocycles. The molecular weight excluding hydrogens is 612 g/mol. The van der Waals surface area contributed by atoms with E-state index < -0.39 is 35.3 Å². The van der Waals surface area contributed by atoms with Gasteiger partial charge in [0.05, 0.1) is 30.7 Å². The van der Waals surface area contributed by atoms with Crippen molar-refractivity contribution in [1.29, 1.82) is 0 Å². The Hall–Kier alpha value is -3.47. The van der Waals surface area contributed by atoms with Crippen molar-refractivity contribution in [2.24, 2.45) is 17.3 Å². The summed E-state index contributed by atoms with van der Waals surface area (Å²) in [4.78, 5) is 53.2. The van der Waals surface area contributed by atoms with E-state index in [1.165, 1.54) is 6.92 Å². The number of fused-ring (bicyclic) bond motifs is 5. The van der Waals surface area contributed by atoms with Crippen molar-refractivity contribution < 1.29 is 33.3 Å². The molecule has 11 heteroatoms. The van der Waals surface area contributed by atoms with E-state index in [-0.39, 0.29) is 30.1 Å². The van der Waals surface area contributed by atoms with Gasteiger partial charge in [0.25, 0.3) is 0 Å². The standard InChI is InChI=1S/C37H52N4O7/c1-23-30-22-41(31(23)24(2)42)34(43)32(36(3)17-19-46-20-18-36)40-35(44)48-37(4)16-10-12-25(37)11-8-6-7-9-13-28-33(47-30)39-29-21-26(45-5)14-15-27(29)38-28/h14-15,21,23,25,30-32H,6-13,16-20,22H2,1-5H3,(H,40,44)/t23-,25-,30+,31+,32-,37-/m1/s1. The van der Waals surface area contributed by atoms with Gasteiger partial charge in [-0.05, 0) is 83.3 Å². The van der Waals surface area contributed by atoms with Crippen LogP contribution in [-0.2, 0) is 25.5 Å². The first-order valence-corrected chi connectivity index (χ1v) is 17.9. The summed E-state index contributed by atoms with van der Waals surface area (Å²) in [5.74, 6) is 0.629. The number of carbonyl (C=O) groups is 3. The zero-order valence-electron chi connectivity index (χ0n) is 29.2. The lowest BCUT2D eigenvalue weighted by molar-refractivity contribution is -0.144. The van der Waals surface area contributed by atoms with Crippen molar-refractivity contribution in [3.05, 3.63) is 23.9 Å². The van der Waals surface area contributed by atoms with Crippen molar-refractivity contribution in [3.8, 4) is 11.6 Å². The van der Waals surface area contributed by atoms with Gasteiger partial charge in [0.2, 0.25) is 11.8 Å². The van der Waals surface area contributed by atoms with E-state index in [0.717, 1.165) is 62.6 Å². The number of hydrogen-bond acceptors (Lipinski definition) is 9. The smallest absolute Gasteiger partial charge is 0.408 e. The molecule has 1 aromatic carbocycles. The minimum atomic E-state index is -0.893. The normalized spacial score (nSPS) is 31.7. The van der Waals surface area contributed by atoms with Crippen LogP contribution < -0.4 is 14.8 Å². The molecule has 48 heavy (non-hydrogen) atoms. The summed E-state index contributed by atoms with van der Waals surface area (Å²) >= 11 is 0. The minimum Gasteiger partial charge on any atom is -0.497 e. The second kappa shape index (κ2) is 14.2. The number of hydrogen-bond donors (Lipinski definition) is 1. The Labute approximate surface area is 283 Å². The number of Topliss-reactive ketones (excluding diaryl/α,β-unsaturated/α-hetero) is 1. The second-order valence-electron chi connectivity index (χ2n) is 15.0. The molecule has 6 rings (SSSR count). The number of amides is 2. The van der Waals surface area contributed by atoms with Crippen molar-refractivity contribution in [1.82, 2.24) is 20.2 Å². The SMILES string of the molecule is COc1ccc2nc3c(nc2c1)O[C@H]1CN(C(=O)[C@H](C2(C)CCOCC2)NC(=O)O[C@]2(C)CCC[C@H]2CCCCCC3)[C@H](C(C)=O)[C@@H]1C. The predicted octanol–water partition coefficient (Wildman–Crippen LogP) is 5.80. The van der Waals surface area contributed by atoms with Crippen molar-refractivity contribution >= 4 is 28.8 Å². The molecule has 3 aliphatic heterocycles. The van der Waals surface area contributed by atoms with Gasteiger partial charge in [0, 0.05) is 30.6 Å². The summed E-state index contributed by atoms with van der Waals surface area (Å²) in [6.07, 6.45) is 8.72. The fraction of sp³-hybridized carbons (Fsp3) is 0.703. The van der Waals surface area contributed by atoms with Gasteiger partial charge >= 0.3 is 6.09 Å². The number of carbonyl (C=O) groups excluding carboxylic acids is 3. The zero-order valence-corrected chi connectivity index (χ0v) is 29.2. The molecule has 0 radical (unpaired) electrons. The Morgan fingerprint density at radius 2 is 1.75 bits per heavy atom. The van der Waals surface area contributed by atoms with Crippen molar-refractivity contribution in [3.63, 3.8) is 0 Å². The molecule has 1 aromatic heterocycles. The highest BCUT2D eigenvalue weighted by Gasteiger charge is 2.52. The van der Waals surface area contributed by atoms with E-state index >= 15 is 0 Å². The number of aromatic nitrogens is 2. The van der Waals surface area contributed by atoms with Gasteiger partial charge in [-0.15, -0.1) is 0 Å². The first kappa shape index (κ1) is 34.4. The van der Waals surface area contributed by atoms with Crippen LogP contribution in [0.3, 0.4) is 0 Å². The maximum Gasteiger partial charge on any atom is 0.408 e. The molecular formula is C37H52N4O7. The molecule has 0 spiro atoms. The molecule has 0 unspecified atom stereocenters. The van der Waals surface area contributed by atoms with Gasteiger partial charge in [-0.25, -0.2) is 14.8 Å². The molecule has 262 valence electrons. The Balaban J connectivity index is 1.38. The molecule has 4 aliphatic rings. The van der Waals surface area contributed by atoms with Crippen LogP contribution >= 0.6 is 0 Å². The summed E-state index contributed by atoms with van der Waals surface area (Å²) in [6.45, 7) is 8.69. The Bertz CT molecular complexity index is 1510. The lowest BCUT2D eigenvalue weighted by atomic mass is 9.75. The number of ketones is 1. The first-order valence-electron chi connectivity index (χ1n) is 17.9. The molecule has 1 saturated carbocycles. The van der Waals surface area contributed by atoms with Crippen LogP contribution in [0.1, 0.15) is 97.6 Å². The molecule has 3 fully saturated rings. The van der Waals surface area contributed by atoms with Gasteiger partial charge in [0.15, 0.2) is 5.78 Å². The number of nitrogens with zero attached hydrogens (tertiary/aromatic N) is 3. The number of nitrogens with one attached hydrogen (secondary N) is 1. The summed E-state index contributed by atoms with van der Waals surface area (Å²) in [7, 11) is 1.62. The van der Waals surface area contributed by atoms with E-state index in [2.05, 4.69) is 5.32 Å². The summed E-state index contributed by atoms with van der Waals surface area (Å²) in [5, 5.41) is 3.04. The van der Waals surface area contributed by atoms with Gasteiger partial charge < -0.3 is 29.2 Å². The lowest BCUT2D eigenvalue weighted by Crippen LogP contribution is -2.60. The third-order valence-corrected chi connectivity index (χ3v) is 11.6. The number of ether oxygens (including phenoxy) is 4. The van der Waals surface area contributed by atoms with Crippen LogP contribution in [0.2, 0.25) is 0 Å². The maximum absolute atomic E-state index is 14.7. The van der Waals surface area contributed by atoms with Crippen molar-refractivity contribution in [2.75, 3.05) is 26.9 Å². The number of methoxy groups -OCH3 is 1. The van der Waals surface area contributed by atoms with Gasteiger partial charge in [-0.3, -0.25) is 9.59 Å². The fourth-order valence-electron chi connectivity index (χ4n) is 8.52. The average molecular weight is 665 g/mol. The highest BCUT2D eigenvalue weighted by atomic mass is 16.6. The first-order chi connectivity index (χ1) is 23.0. The highest BCUT2D eigenvalue weighted by molar-refractivity contribution is 5.92. The van der Waals surface area contributed by atoms with E-state index in [1.54, 1.807) is 12.0 Å². The number of alkyl carbamates (subject to hydrolysis) is 1. The second-order valence-corrected chi connectivity index (χ2v) is 15.0. The Morgan fingerprint density at radius 3 is 2.50 bits per heavy atom. The van der Waals surface area contributed by atoms with Crippen LogP contribution in [0, 0.1) is 17.3 Å². The molecule has 2 amide bonds. The largest absolute Gasteiger partial charge is 0.497 e.